The summed E-state index contributed by atoms with van der Waals surface area (Å²) >= 11 is 0. The van der Waals surface area contributed by atoms with E-state index in [1.165, 1.54) is 0 Å². The maximum Gasteiger partial charge on any atom is 0.446 e. The van der Waals surface area contributed by atoms with Crippen molar-refractivity contribution in [3.8, 4) is 11.5 Å². The minimum absolute atomic E-state index is 0. The summed E-state index contributed by atoms with van der Waals surface area (Å²) in [5, 5.41) is 26.1. The molecule has 0 aliphatic carbocycles. The molecule has 0 atom stereocenters. The SMILES string of the molecule is C.CCOC(=O)c1c(C)nnn1Cc1ccc(OC)cc1.CCOC(=O)c1nnn(Cc2ccc(OC)cc2)c1C.CCOCc1n[nH]nc1C.O=CC(F)(F)F. The van der Waals surface area contributed by atoms with Crippen molar-refractivity contribution in [1.29, 1.82) is 0 Å². The van der Waals surface area contributed by atoms with E-state index in [-0.39, 0.29) is 13.1 Å². The first kappa shape index (κ1) is 48.8. The van der Waals surface area contributed by atoms with Crippen molar-refractivity contribution in [2.45, 2.75) is 74.8 Å². The molecule has 3 heterocycles. The highest BCUT2D eigenvalue weighted by atomic mass is 19.4. The van der Waals surface area contributed by atoms with Crippen LogP contribution in [0.4, 0.5) is 13.2 Å². The zero-order valence-corrected chi connectivity index (χ0v) is 32.4. The molecule has 0 radical (unpaired) electrons. The molecule has 0 aliphatic rings. The van der Waals surface area contributed by atoms with Gasteiger partial charge in [0.25, 0.3) is 0 Å². The molecule has 0 bridgehead atoms. The monoisotopic (exact) mass is 805 g/mol. The van der Waals surface area contributed by atoms with Crippen molar-refractivity contribution < 1.29 is 51.2 Å². The van der Waals surface area contributed by atoms with E-state index in [1.54, 1.807) is 51.3 Å². The van der Waals surface area contributed by atoms with Crippen LogP contribution in [0.5, 0.6) is 11.5 Å². The van der Waals surface area contributed by atoms with E-state index in [1.807, 2.05) is 62.4 Å². The second-order valence-corrected chi connectivity index (χ2v) is 11.2. The summed E-state index contributed by atoms with van der Waals surface area (Å²) in [7, 11) is 3.25. The molecule has 312 valence electrons. The number of aromatic nitrogens is 9. The molecule has 0 saturated heterocycles. The lowest BCUT2D eigenvalue weighted by molar-refractivity contribution is -0.156. The third-order valence-corrected chi connectivity index (χ3v) is 7.20. The van der Waals surface area contributed by atoms with Crippen LogP contribution in [0, 0.1) is 20.8 Å². The van der Waals surface area contributed by atoms with E-state index < -0.39 is 24.4 Å². The number of carbonyl (C=O) groups is 3. The first-order valence-corrected chi connectivity index (χ1v) is 17.1. The topological polar surface area (TPSA) is 200 Å². The Hall–Kier alpha value is -6.18. The molecule has 5 rings (SSSR count). The molecule has 1 N–H and O–H groups in total. The normalized spacial score (nSPS) is 10.2. The number of benzene rings is 2. The van der Waals surface area contributed by atoms with Crippen LogP contribution in [-0.2, 0) is 38.7 Å². The highest BCUT2D eigenvalue weighted by Gasteiger charge is 2.25. The van der Waals surface area contributed by atoms with Gasteiger partial charge in [-0.25, -0.2) is 19.0 Å². The number of aldehydes is 1. The predicted octanol–water partition coefficient (Wildman–Crippen LogP) is 5.67. The van der Waals surface area contributed by atoms with Crippen LogP contribution in [-0.4, -0.2) is 104 Å². The summed E-state index contributed by atoms with van der Waals surface area (Å²) in [6.45, 7) is 13.8. The standard InChI is InChI=1S/2C14H17N3O3.C6H11N3O.C2HF3O.CH4/c1-4-20-14(18)13-10(2)17(16-15-13)9-11-5-7-12(19-3)8-6-11;1-4-20-14(18)13-10(2)15-16-17(13)9-11-5-7-12(19-3)8-6-11;1-3-10-4-6-5(2)7-9-8-6;3-2(4,5)1-6;/h2*5-8H,4,9H2,1-3H3;3-4H2,1-2H3,(H,7,8,9);1H;1H4. The van der Waals surface area contributed by atoms with Gasteiger partial charge in [-0.2, -0.15) is 28.6 Å². The van der Waals surface area contributed by atoms with Gasteiger partial charge in [-0.05, 0) is 76.9 Å². The van der Waals surface area contributed by atoms with E-state index in [4.69, 9.17) is 28.5 Å². The van der Waals surface area contributed by atoms with Gasteiger partial charge in [0, 0.05) is 6.61 Å². The molecule has 5 aromatic rings. The fourth-order valence-corrected chi connectivity index (χ4v) is 4.31. The molecule has 0 amide bonds. The molecule has 17 nitrogen and oxygen atoms in total. The Labute approximate surface area is 328 Å². The fraction of sp³-hybridized carbons (Fsp3) is 0.432. The van der Waals surface area contributed by atoms with Gasteiger partial charge in [0.15, 0.2) is 11.4 Å². The molecule has 3 aromatic heterocycles. The lowest BCUT2D eigenvalue weighted by Gasteiger charge is -2.07. The summed E-state index contributed by atoms with van der Waals surface area (Å²) in [5.74, 6) is 0.750. The van der Waals surface area contributed by atoms with Gasteiger partial charge >= 0.3 is 18.1 Å². The molecule has 0 saturated carbocycles. The number of ether oxygens (including phenoxy) is 5. The molecule has 57 heavy (non-hydrogen) atoms. The van der Waals surface area contributed by atoms with Crippen LogP contribution in [0.2, 0.25) is 0 Å². The zero-order chi connectivity index (χ0) is 41.7. The summed E-state index contributed by atoms with van der Waals surface area (Å²) in [4.78, 5) is 32.3. The Kier molecular flexibility index (Phi) is 21.5. The first-order chi connectivity index (χ1) is 26.7. The smallest absolute Gasteiger partial charge is 0.446 e. The minimum Gasteiger partial charge on any atom is -0.497 e. The van der Waals surface area contributed by atoms with Crippen LogP contribution in [0.15, 0.2) is 48.5 Å². The number of H-pyrrole nitrogens is 1. The predicted molar refractivity (Wildman–Crippen MR) is 201 cm³/mol. The number of alkyl halides is 3. The van der Waals surface area contributed by atoms with Gasteiger partial charge in [0.05, 0.1) is 64.2 Å². The molecule has 2 aromatic carbocycles. The van der Waals surface area contributed by atoms with Gasteiger partial charge in [0.2, 0.25) is 6.29 Å². The molecule has 0 unspecified atom stereocenters. The van der Waals surface area contributed by atoms with E-state index in [0.29, 0.717) is 56.6 Å². The molecular formula is C37H50F3N9O8. The molecular weight excluding hydrogens is 755 g/mol. The Balaban J connectivity index is 0.000000412. The van der Waals surface area contributed by atoms with Crippen molar-refractivity contribution in [2.75, 3.05) is 34.0 Å². The maximum atomic E-state index is 11.9. The number of aromatic amines is 1. The van der Waals surface area contributed by atoms with Crippen molar-refractivity contribution >= 4 is 18.2 Å². The number of halogens is 3. The Morgan fingerprint density at radius 3 is 1.67 bits per heavy atom. The molecule has 0 spiro atoms. The second-order valence-electron chi connectivity index (χ2n) is 11.2. The van der Waals surface area contributed by atoms with Gasteiger partial charge < -0.3 is 23.7 Å². The summed E-state index contributed by atoms with van der Waals surface area (Å²) in [5.41, 5.74) is 5.77. The quantitative estimate of drug-likeness (QED) is 0.113. The van der Waals surface area contributed by atoms with Crippen molar-refractivity contribution in [3.05, 3.63) is 93.8 Å². The Bertz CT molecular complexity index is 1930. The van der Waals surface area contributed by atoms with E-state index in [0.717, 1.165) is 34.0 Å². The second kappa shape index (κ2) is 25.1. The molecule has 0 aliphatic heterocycles. The van der Waals surface area contributed by atoms with Crippen LogP contribution in [0.25, 0.3) is 0 Å². The first-order valence-electron chi connectivity index (χ1n) is 17.1. The summed E-state index contributed by atoms with van der Waals surface area (Å²) < 4.78 is 59.8. The highest BCUT2D eigenvalue weighted by molar-refractivity contribution is 5.88. The third kappa shape index (κ3) is 16.6. The number of aryl methyl sites for hydroxylation is 2. The van der Waals surface area contributed by atoms with Crippen molar-refractivity contribution in [2.24, 2.45) is 0 Å². The minimum atomic E-state index is -4.64. The number of methoxy groups -OCH3 is 2. The summed E-state index contributed by atoms with van der Waals surface area (Å²) in [6.07, 6.45) is -5.70. The third-order valence-electron chi connectivity index (χ3n) is 7.20. The average Bonchev–Trinajstić information content (AvgIpc) is 3.89. The average molecular weight is 806 g/mol. The van der Waals surface area contributed by atoms with Crippen LogP contribution in [0.1, 0.15) is 83.1 Å². The Morgan fingerprint density at radius 1 is 0.737 bits per heavy atom. The largest absolute Gasteiger partial charge is 0.497 e. The van der Waals surface area contributed by atoms with Gasteiger partial charge in [-0.3, -0.25) is 4.79 Å². The number of carbonyl (C=O) groups excluding carboxylic acids is 3. The lowest BCUT2D eigenvalue weighted by atomic mass is 10.2. The zero-order valence-electron chi connectivity index (χ0n) is 32.4. The fourth-order valence-electron chi connectivity index (χ4n) is 4.31. The molecule has 0 fully saturated rings. The van der Waals surface area contributed by atoms with Gasteiger partial charge in [0.1, 0.15) is 17.2 Å². The number of nitrogens with one attached hydrogen (secondary N) is 1. The number of esters is 2. The lowest BCUT2D eigenvalue weighted by Crippen LogP contribution is -2.15. The maximum absolute atomic E-state index is 11.9. The van der Waals surface area contributed by atoms with Gasteiger partial charge in [-0.15, -0.1) is 10.2 Å². The van der Waals surface area contributed by atoms with Crippen LogP contribution in [0.3, 0.4) is 0 Å². The van der Waals surface area contributed by atoms with E-state index in [9.17, 15) is 22.8 Å². The van der Waals surface area contributed by atoms with Crippen LogP contribution < -0.4 is 9.47 Å². The van der Waals surface area contributed by atoms with Crippen LogP contribution >= 0.6 is 0 Å². The van der Waals surface area contributed by atoms with E-state index >= 15 is 0 Å². The number of rotatable bonds is 13. The van der Waals surface area contributed by atoms with Gasteiger partial charge in [-0.1, -0.05) is 42.1 Å². The number of hydrogen-bond donors (Lipinski definition) is 1. The molecule has 20 heteroatoms. The number of nitrogens with zero attached hydrogens (tertiary/aromatic N) is 8. The Morgan fingerprint density at radius 2 is 1.23 bits per heavy atom. The van der Waals surface area contributed by atoms with Crippen molar-refractivity contribution in [3.63, 3.8) is 0 Å². The van der Waals surface area contributed by atoms with E-state index in [2.05, 4.69) is 36.0 Å². The summed E-state index contributed by atoms with van der Waals surface area (Å²) in [6, 6.07) is 15.2. The van der Waals surface area contributed by atoms with Crippen molar-refractivity contribution in [1.82, 2.24) is 45.4 Å². The number of hydrogen-bond acceptors (Lipinski definition) is 14. The highest BCUT2D eigenvalue weighted by Crippen LogP contribution is 2.16.